The Morgan fingerprint density at radius 2 is 1.81 bits per heavy atom. The molecule has 4 aromatic rings. The molecule has 1 aliphatic rings. The van der Waals surface area contributed by atoms with E-state index in [2.05, 4.69) is 14.8 Å². The van der Waals surface area contributed by atoms with Crippen molar-refractivity contribution in [3.63, 3.8) is 0 Å². The normalized spacial score (nSPS) is 15.3. The van der Waals surface area contributed by atoms with Crippen LogP contribution in [0.15, 0.2) is 65.5 Å². The summed E-state index contributed by atoms with van der Waals surface area (Å²) in [5.41, 5.74) is 2.06. The van der Waals surface area contributed by atoms with Gasteiger partial charge in [0.05, 0.1) is 11.9 Å². The average molecular weight is 435 g/mol. The minimum atomic E-state index is -0.213. The highest BCUT2D eigenvalue weighted by Gasteiger charge is 2.17. The zero-order chi connectivity index (χ0) is 21.2. The quantitative estimate of drug-likeness (QED) is 0.514. The van der Waals surface area contributed by atoms with Gasteiger partial charge in [-0.15, -0.1) is 11.3 Å². The molecule has 1 fully saturated rings. The van der Waals surface area contributed by atoms with E-state index in [0.29, 0.717) is 17.8 Å². The van der Waals surface area contributed by atoms with Gasteiger partial charge in [-0.05, 0) is 42.3 Å². The summed E-state index contributed by atoms with van der Waals surface area (Å²) in [6.07, 6.45) is 1.00. The summed E-state index contributed by atoms with van der Waals surface area (Å²) >= 11 is 1.56. The van der Waals surface area contributed by atoms with E-state index >= 15 is 0 Å². The number of hydrogen-bond donors (Lipinski definition) is 1. The number of nitrogens with zero attached hydrogens (tertiary/aromatic N) is 3. The number of H-pyrrole nitrogens is 1. The maximum Gasteiger partial charge on any atom is 0.259 e. The fourth-order valence-corrected chi connectivity index (χ4v) is 5.10. The lowest BCUT2D eigenvalue weighted by Gasteiger charge is -2.23. The Labute approximate surface area is 183 Å². The van der Waals surface area contributed by atoms with Crippen LogP contribution in [0.1, 0.15) is 12.2 Å². The Morgan fingerprint density at radius 3 is 2.61 bits per heavy atom. The van der Waals surface area contributed by atoms with Crippen molar-refractivity contribution >= 4 is 27.2 Å². The molecule has 3 heterocycles. The number of aromatic amines is 1. The SMILES string of the molecule is O=c1[nH]c(CN2CCCN(c3ccc(F)cc3)CC2)nc2sc(-c3ccccc3)cc12. The fraction of sp³-hybridized carbons (Fsp3) is 0.250. The minimum absolute atomic E-state index is 0.0822. The number of halogens is 1. The van der Waals surface area contributed by atoms with E-state index in [0.717, 1.165) is 53.6 Å². The third-order valence-corrected chi connectivity index (χ3v) is 6.74. The minimum Gasteiger partial charge on any atom is -0.370 e. The molecule has 7 heteroatoms. The van der Waals surface area contributed by atoms with Gasteiger partial charge in [0.25, 0.3) is 5.56 Å². The standard InChI is InChI=1S/C24H23FN4OS/c25-18-7-9-19(10-8-18)29-12-4-11-28(13-14-29)16-22-26-23(30)20-15-21(31-24(20)27-22)17-5-2-1-3-6-17/h1-3,5-10,15H,4,11-14,16H2,(H,26,27,30). The molecule has 1 saturated heterocycles. The second-order valence-corrected chi connectivity index (χ2v) is 8.83. The molecule has 1 aliphatic heterocycles. The molecule has 0 saturated carbocycles. The van der Waals surface area contributed by atoms with Crippen LogP contribution in [0.4, 0.5) is 10.1 Å². The van der Waals surface area contributed by atoms with Gasteiger partial charge in [-0.1, -0.05) is 30.3 Å². The monoisotopic (exact) mass is 434 g/mol. The summed E-state index contributed by atoms with van der Waals surface area (Å²) in [7, 11) is 0. The van der Waals surface area contributed by atoms with Crippen LogP contribution < -0.4 is 10.5 Å². The molecule has 0 aliphatic carbocycles. The van der Waals surface area contributed by atoms with Crippen LogP contribution in [0.25, 0.3) is 20.7 Å². The number of hydrogen-bond acceptors (Lipinski definition) is 5. The van der Waals surface area contributed by atoms with Crippen molar-refractivity contribution in [1.29, 1.82) is 0 Å². The number of thiophene rings is 1. The van der Waals surface area contributed by atoms with Crippen LogP contribution in [0, 0.1) is 5.82 Å². The molecule has 0 amide bonds. The molecule has 31 heavy (non-hydrogen) atoms. The first kappa shape index (κ1) is 19.9. The van der Waals surface area contributed by atoms with Gasteiger partial charge in [0.1, 0.15) is 16.5 Å². The molecule has 0 atom stereocenters. The topological polar surface area (TPSA) is 52.2 Å². The van der Waals surface area contributed by atoms with E-state index in [-0.39, 0.29) is 11.4 Å². The Bertz CT molecular complexity index is 1240. The maximum absolute atomic E-state index is 13.2. The lowest BCUT2D eigenvalue weighted by Crippen LogP contribution is -2.31. The van der Waals surface area contributed by atoms with Gasteiger partial charge in [0, 0.05) is 36.7 Å². The van der Waals surface area contributed by atoms with E-state index in [9.17, 15) is 9.18 Å². The van der Waals surface area contributed by atoms with Crippen molar-refractivity contribution in [2.75, 3.05) is 31.1 Å². The Balaban J connectivity index is 1.32. The first-order chi connectivity index (χ1) is 15.2. The second kappa shape index (κ2) is 8.61. The van der Waals surface area contributed by atoms with E-state index < -0.39 is 0 Å². The molecule has 0 radical (unpaired) electrons. The van der Waals surface area contributed by atoms with Crippen molar-refractivity contribution in [2.45, 2.75) is 13.0 Å². The molecule has 0 spiro atoms. The summed E-state index contributed by atoms with van der Waals surface area (Å²) in [5.74, 6) is 0.490. The van der Waals surface area contributed by atoms with E-state index in [1.165, 1.54) is 12.1 Å². The van der Waals surface area contributed by atoms with Gasteiger partial charge < -0.3 is 9.88 Å². The van der Waals surface area contributed by atoms with Crippen LogP contribution >= 0.6 is 11.3 Å². The number of nitrogens with one attached hydrogen (secondary N) is 1. The third kappa shape index (κ3) is 4.38. The van der Waals surface area contributed by atoms with Crippen LogP contribution in [-0.4, -0.2) is 41.0 Å². The molecule has 1 N–H and O–H groups in total. The lowest BCUT2D eigenvalue weighted by molar-refractivity contribution is 0.278. The number of aromatic nitrogens is 2. The lowest BCUT2D eigenvalue weighted by atomic mass is 10.2. The average Bonchev–Trinajstić information content (AvgIpc) is 3.09. The van der Waals surface area contributed by atoms with Gasteiger partial charge >= 0.3 is 0 Å². The first-order valence-corrected chi connectivity index (χ1v) is 11.3. The number of anilines is 1. The predicted molar refractivity (Wildman–Crippen MR) is 124 cm³/mol. The van der Waals surface area contributed by atoms with Crippen molar-refractivity contribution < 1.29 is 4.39 Å². The van der Waals surface area contributed by atoms with Crippen LogP contribution in [0.2, 0.25) is 0 Å². The zero-order valence-electron chi connectivity index (χ0n) is 17.1. The Kier molecular flexibility index (Phi) is 5.53. The molecule has 5 nitrogen and oxygen atoms in total. The number of fused-ring (bicyclic) bond motifs is 1. The van der Waals surface area contributed by atoms with Gasteiger partial charge in [0.2, 0.25) is 0 Å². The fourth-order valence-electron chi connectivity index (χ4n) is 4.05. The van der Waals surface area contributed by atoms with E-state index in [1.807, 2.05) is 48.5 Å². The predicted octanol–water partition coefficient (Wildman–Crippen LogP) is 4.50. The highest BCUT2D eigenvalue weighted by molar-refractivity contribution is 7.21. The van der Waals surface area contributed by atoms with Crippen molar-refractivity contribution in [3.05, 3.63) is 82.7 Å². The van der Waals surface area contributed by atoms with Crippen LogP contribution in [0.5, 0.6) is 0 Å². The Hall–Kier alpha value is -3.03. The summed E-state index contributed by atoms with van der Waals surface area (Å²) in [4.78, 5) is 26.8. The van der Waals surface area contributed by atoms with Crippen molar-refractivity contribution in [2.24, 2.45) is 0 Å². The number of rotatable bonds is 4. The van der Waals surface area contributed by atoms with E-state index in [4.69, 9.17) is 4.98 Å². The highest BCUT2D eigenvalue weighted by atomic mass is 32.1. The van der Waals surface area contributed by atoms with E-state index in [1.54, 1.807) is 11.3 Å². The molecule has 158 valence electrons. The molecule has 0 unspecified atom stereocenters. The van der Waals surface area contributed by atoms with Crippen molar-refractivity contribution in [3.8, 4) is 10.4 Å². The second-order valence-electron chi connectivity index (χ2n) is 7.80. The summed E-state index contributed by atoms with van der Waals surface area (Å²) < 4.78 is 13.2. The zero-order valence-corrected chi connectivity index (χ0v) is 17.9. The summed E-state index contributed by atoms with van der Waals surface area (Å²) in [5, 5.41) is 0.644. The summed E-state index contributed by atoms with van der Waals surface area (Å²) in [6, 6.07) is 18.7. The summed E-state index contributed by atoms with van der Waals surface area (Å²) in [6.45, 7) is 4.19. The Morgan fingerprint density at radius 1 is 1.00 bits per heavy atom. The number of benzene rings is 2. The van der Waals surface area contributed by atoms with Gasteiger partial charge in [-0.3, -0.25) is 9.69 Å². The largest absolute Gasteiger partial charge is 0.370 e. The molecule has 5 rings (SSSR count). The molecule has 0 bridgehead atoms. The van der Waals surface area contributed by atoms with Crippen molar-refractivity contribution in [1.82, 2.24) is 14.9 Å². The molecule has 2 aromatic carbocycles. The molecule has 2 aromatic heterocycles. The highest BCUT2D eigenvalue weighted by Crippen LogP contribution is 2.30. The first-order valence-electron chi connectivity index (χ1n) is 10.5. The van der Waals surface area contributed by atoms with Crippen LogP contribution in [-0.2, 0) is 6.54 Å². The third-order valence-electron chi connectivity index (χ3n) is 5.66. The smallest absolute Gasteiger partial charge is 0.259 e. The van der Waals surface area contributed by atoms with Gasteiger partial charge in [0.15, 0.2) is 0 Å². The van der Waals surface area contributed by atoms with Crippen LogP contribution in [0.3, 0.4) is 0 Å². The molecular formula is C24H23FN4OS. The van der Waals surface area contributed by atoms with Gasteiger partial charge in [-0.2, -0.15) is 0 Å². The maximum atomic E-state index is 13.2. The van der Waals surface area contributed by atoms with Gasteiger partial charge in [-0.25, -0.2) is 9.37 Å². The molecular weight excluding hydrogens is 411 g/mol.